The molecular weight excluding hydrogens is 236 g/mol. The van der Waals surface area contributed by atoms with Crippen LogP contribution in [0.25, 0.3) is 0 Å². The lowest BCUT2D eigenvalue weighted by atomic mass is 9.78. The second-order valence-electron chi connectivity index (χ2n) is 4.79. The summed E-state index contributed by atoms with van der Waals surface area (Å²) < 4.78 is 5.64. The third-order valence-corrected chi connectivity index (χ3v) is 4.00. The van der Waals surface area contributed by atoms with Crippen LogP contribution in [0.15, 0.2) is 24.3 Å². The van der Waals surface area contributed by atoms with E-state index < -0.39 is 11.7 Å². The lowest BCUT2D eigenvalue weighted by Gasteiger charge is -2.40. The van der Waals surface area contributed by atoms with E-state index in [0.29, 0.717) is 5.02 Å². The molecule has 0 aliphatic heterocycles. The van der Waals surface area contributed by atoms with Crippen molar-refractivity contribution >= 4 is 11.6 Å². The highest BCUT2D eigenvalue weighted by atomic mass is 35.5. The molecule has 0 aromatic heterocycles. The van der Waals surface area contributed by atoms with Gasteiger partial charge in [-0.25, -0.2) is 0 Å². The fourth-order valence-electron chi connectivity index (χ4n) is 2.72. The van der Waals surface area contributed by atoms with Gasteiger partial charge >= 0.3 is 0 Å². The van der Waals surface area contributed by atoms with Gasteiger partial charge in [-0.3, -0.25) is 0 Å². The summed E-state index contributed by atoms with van der Waals surface area (Å²) in [5.74, 6) is 0. The van der Waals surface area contributed by atoms with Gasteiger partial charge in [0.1, 0.15) is 6.10 Å². The number of aliphatic hydroxyl groups is 1. The zero-order valence-corrected chi connectivity index (χ0v) is 10.9. The molecule has 1 aromatic carbocycles. The highest BCUT2D eigenvalue weighted by Crippen LogP contribution is 2.41. The standard InChI is InChI=1S/C14H19ClO2/c1-17-14(8-3-2-4-9-14)13(16)11-6-5-7-12(15)10-11/h5-7,10,13,16H,2-4,8-9H2,1H3. The maximum absolute atomic E-state index is 10.5. The van der Waals surface area contributed by atoms with Crippen molar-refractivity contribution in [3.63, 3.8) is 0 Å². The summed E-state index contributed by atoms with van der Waals surface area (Å²) in [6, 6.07) is 7.42. The van der Waals surface area contributed by atoms with Crippen LogP contribution in [0.4, 0.5) is 0 Å². The maximum Gasteiger partial charge on any atom is 0.108 e. The van der Waals surface area contributed by atoms with E-state index in [9.17, 15) is 5.11 Å². The minimum Gasteiger partial charge on any atom is -0.385 e. The predicted molar refractivity (Wildman–Crippen MR) is 69.2 cm³/mol. The summed E-state index contributed by atoms with van der Waals surface area (Å²) in [6.07, 6.45) is 4.70. The third kappa shape index (κ3) is 2.65. The molecule has 1 atom stereocenters. The number of hydrogen-bond donors (Lipinski definition) is 1. The van der Waals surface area contributed by atoms with Crippen LogP contribution in [-0.4, -0.2) is 17.8 Å². The summed E-state index contributed by atoms with van der Waals surface area (Å²) in [5.41, 5.74) is 0.421. The van der Waals surface area contributed by atoms with Crippen molar-refractivity contribution in [2.75, 3.05) is 7.11 Å². The topological polar surface area (TPSA) is 29.5 Å². The molecule has 0 radical (unpaired) electrons. The Morgan fingerprint density at radius 2 is 2.00 bits per heavy atom. The SMILES string of the molecule is COC1(C(O)c2cccc(Cl)c2)CCCCC1. The fourth-order valence-corrected chi connectivity index (χ4v) is 2.92. The van der Waals surface area contributed by atoms with Gasteiger partial charge in [0.25, 0.3) is 0 Å². The molecule has 1 unspecified atom stereocenters. The number of benzene rings is 1. The quantitative estimate of drug-likeness (QED) is 0.891. The van der Waals surface area contributed by atoms with Crippen LogP contribution in [-0.2, 0) is 4.74 Å². The molecular formula is C14H19ClO2. The second-order valence-corrected chi connectivity index (χ2v) is 5.22. The lowest BCUT2D eigenvalue weighted by molar-refractivity contribution is -0.125. The van der Waals surface area contributed by atoms with E-state index in [0.717, 1.165) is 31.2 Å². The fraction of sp³-hybridized carbons (Fsp3) is 0.571. The largest absolute Gasteiger partial charge is 0.385 e. The van der Waals surface area contributed by atoms with Crippen molar-refractivity contribution in [1.82, 2.24) is 0 Å². The molecule has 1 fully saturated rings. The van der Waals surface area contributed by atoms with Gasteiger partial charge in [-0.2, -0.15) is 0 Å². The lowest BCUT2D eigenvalue weighted by Crippen LogP contribution is -2.40. The first-order valence-electron chi connectivity index (χ1n) is 6.17. The summed E-state index contributed by atoms with van der Waals surface area (Å²) in [4.78, 5) is 0. The van der Waals surface area contributed by atoms with Crippen LogP contribution < -0.4 is 0 Å². The molecule has 1 N–H and O–H groups in total. The number of aliphatic hydroxyl groups excluding tert-OH is 1. The van der Waals surface area contributed by atoms with Crippen LogP contribution in [0.5, 0.6) is 0 Å². The average Bonchev–Trinajstić information content (AvgIpc) is 2.38. The smallest absolute Gasteiger partial charge is 0.108 e. The Morgan fingerprint density at radius 1 is 1.29 bits per heavy atom. The van der Waals surface area contributed by atoms with E-state index >= 15 is 0 Å². The molecule has 1 aromatic rings. The van der Waals surface area contributed by atoms with Gasteiger partial charge in [0.15, 0.2) is 0 Å². The number of ether oxygens (including phenoxy) is 1. The van der Waals surface area contributed by atoms with Gasteiger partial charge in [-0.15, -0.1) is 0 Å². The maximum atomic E-state index is 10.5. The Kier molecular flexibility index (Phi) is 4.08. The van der Waals surface area contributed by atoms with Gasteiger partial charge < -0.3 is 9.84 Å². The van der Waals surface area contributed by atoms with Crippen LogP contribution in [0, 0.1) is 0 Å². The first-order valence-corrected chi connectivity index (χ1v) is 6.54. The Balaban J connectivity index is 2.24. The van der Waals surface area contributed by atoms with E-state index in [1.165, 1.54) is 6.42 Å². The molecule has 0 heterocycles. The normalized spacial score (nSPS) is 21.1. The van der Waals surface area contributed by atoms with Gasteiger partial charge in [-0.05, 0) is 30.5 Å². The van der Waals surface area contributed by atoms with Crippen molar-refractivity contribution in [2.45, 2.75) is 43.8 Å². The molecule has 17 heavy (non-hydrogen) atoms. The summed E-state index contributed by atoms with van der Waals surface area (Å²) in [6.45, 7) is 0. The molecule has 1 saturated carbocycles. The molecule has 2 rings (SSSR count). The number of hydrogen-bond acceptors (Lipinski definition) is 2. The van der Waals surface area contributed by atoms with E-state index in [1.54, 1.807) is 7.11 Å². The Morgan fingerprint density at radius 3 is 2.59 bits per heavy atom. The van der Waals surface area contributed by atoms with Crippen molar-refractivity contribution in [3.8, 4) is 0 Å². The molecule has 1 aliphatic rings. The van der Waals surface area contributed by atoms with Gasteiger partial charge in [0, 0.05) is 12.1 Å². The highest BCUT2D eigenvalue weighted by molar-refractivity contribution is 6.30. The molecule has 0 spiro atoms. The molecule has 0 amide bonds. The second kappa shape index (κ2) is 5.38. The van der Waals surface area contributed by atoms with Gasteiger partial charge in [-0.1, -0.05) is 43.0 Å². The van der Waals surface area contributed by atoms with Crippen LogP contribution >= 0.6 is 11.6 Å². The van der Waals surface area contributed by atoms with Crippen LogP contribution in [0.3, 0.4) is 0 Å². The summed E-state index contributed by atoms with van der Waals surface area (Å²) >= 11 is 5.96. The first kappa shape index (κ1) is 12.9. The number of halogens is 1. The average molecular weight is 255 g/mol. The number of rotatable bonds is 3. The van der Waals surface area contributed by atoms with Crippen molar-refractivity contribution in [2.24, 2.45) is 0 Å². The van der Waals surface area contributed by atoms with E-state index in [2.05, 4.69) is 0 Å². The predicted octanol–water partition coefficient (Wildman–Crippen LogP) is 3.72. The summed E-state index contributed by atoms with van der Waals surface area (Å²) in [7, 11) is 1.69. The first-order chi connectivity index (χ1) is 8.18. The highest BCUT2D eigenvalue weighted by Gasteiger charge is 2.39. The summed E-state index contributed by atoms with van der Waals surface area (Å²) in [5, 5.41) is 11.2. The molecule has 3 heteroatoms. The van der Waals surface area contributed by atoms with E-state index in [-0.39, 0.29) is 0 Å². The Labute approximate surface area is 108 Å². The number of methoxy groups -OCH3 is 1. The minimum atomic E-state index is -0.591. The van der Waals surface area contributed by atoms with E-state index in [4.69, 9.17) is 16.3 Å². The van der Waals surface area contributed by atoms with E-state index in [1.807, 2.05) is 24.3 Å². The third-order valence-electron chi connectivity index (χ3n) is 3.77. The molecule has 0 saturated heterocycles. The van der Waals surface area contributed by atoms with Gasteiger partial charge in [0.05, 0.1) is 5.60 Å². The molecule has 0 bridgehead atoms. The van der Waals surface area contributed by atoms with Gasteiger partial charge in [0.2, 0.25) is 0 Å². The Bertz CT molecular complexity index is 372. The Hall–Kier alpha value is -0.570. The zero-order chi connectivity index (χ0) is 12.3. The zero-order valence-electron chi connectivity index (χ0n) is 10.2. The molecule has 94 valence electrons. The van der Waals surface area contributed by atoms with Crippen molar-refractivity contribution < 1.29 is 9.84 Å². The van der Waals surface area contributed by atoms with Crippen molar-refractivity contribution in [1.29, 1.82) is 0 Å². The molecule has 1 aliphatic carbocycles. The van der Waals surface area contributed by atoms with Crippen LogP contribution in [0.1, 0.15) is 43.8 Å². The van der Waals surface area contributed by atoms with Crippen molar-refractivity contribution in [3.05, 3.63) is 34.9 Å². The molecule has 2 nitrogen and oxygen atoms in total. The monoisotopic (exact) mass is 254 g/mol. The van der Waals surface area contributed by atoms with Crippen LogP contribution in [0.2, 0.25) is 5.02 Å². The minimum absolute atomic E-state index is 0.428.